The van der Waals surface area contributed by atoms with Gasteiger partial charge in [0.1, 0.15) is 11.6 Å². The molecule has 0 aliphatic carbocycles. The Morgan fingerprint density at radius 2 is 2.00 bits per heavy atom. The highest BCUT2D eigenvalue weighted by Gasteiger charge is 2.33. The number of likely N-dealkylation sites (tertiary alicyclic amines) is 1. The number of ether oxygens (including phenoxy) is 1. The average Bonchev–Trinajstić information content (AvgIpc) is 3.27. The molecule has 1 aromatic heterocycles. The first kappa shape index (κ1) is 19.5. The third kappa shape index (κ3) is 4.15. The smallest absolute Gasteiger partial charge is 0.223 e. The maximum absolute atomic E-state index is 12.3. The Hall–Kier alpha value is -2.79. The third-order valence-corrected chi connectivity index (χ3v) is 5.55. The van der Waals surface area contributed by atoms with Gasteiger partial charge >= 0.3 is 0 Å². The van der Waals surface area contributed by atoms with E-state index >= 15 is 0 Å². The van der Waals surface area contributed by atoms with Crippen molar-refractivity contribution in [2.75, 3.05) is 19.7 Å². The number of amides is 1. The van der Waals surface area contributed by atoms with Gasteiger partial charge in [0.05, 0.1) is 22.7 Å². The summed E-state index contributed by atoms with van der Waals surface area (Å²) in [6, 6.07) is 15.6. The molecule has 1 atom stereocenters. The van der Waals surface area contributed by atoms with Crippen molar-refractivity contribution in [1.29, 1.82) is 0 Å². The van der Waals surface area contributed by atoms with Crippen LogP contribution in [0.2, 0.25) is 5.02 Å². The minimum Gasteiger partial charge on any atom is -0.492 e. The van der Waals surface area contributed by atoms with E-state index in [2.05, 4.69) is 17.2 Å². The van der Waals surface area contributed by atoms with Gasteiger partial charge in [-0.25, -0.2) is 4.98 Å². The van der Waals surface area contributed by atoms with E-state index in [1.54, 1.807) is 6.08 Å². The molecule has 29 heavy (non-hydrogen) atoms. The van der Waals surface area contributed by atoms with Crippen molar-refractivity contribution in [3.8, 4) is 5.75 Å². The highest BCUT2D eigenvalue weighted by molar-refractivity contribution is 6.32. The lowest BCUT2D eigenvalue weighted by Gasteiger charge is -2.16. The van der Waals surface area contributed by atoms with Gasteiger partial charge in [-0.05, 0) is 30.7 Å². The molecule has 2 aromatic carbocycles. The summed E-state index contributed by atoms with van der Waals surface area (Å²) in [6.07, 6.45) is 3.08. The summed E-state index contributed by atoms with van der Waals surface area (Å²) in [7, 11) is 0. The Morgan fingerprint density at radius 1 is 1.21 bits per heavy atom. The molecule has 1 saturated heterocycles. The lowest BCUT2D eigenvalue weighted by atomic mass is 10.1. The lowest BCUT2D eigenvalue weighted by molar-refractivity contribution is -0.127. The third-order valence-electron chi connectivity index (χ3n) is 5.23. The molecule has 6 heteroatoms. The van der Waals surface area contributed by atoms with Gasteiger partial charge in [0.25, 0.3) is 0 Å². The average molecular weight is 410 g/mol. The number of aromatic nitrogens is 2. The van der Waals surface area contributed by atoms with Gasteiger partial charge in [-0.15, -0.1) is 6.58 Å². The van der Waals surface area contributed by atoms with Crippen LogP contribution in [0.15, 0.2) is 61.2 Å². The molecule has 1 unspecified atom stereocenters. The normalized spacial score (nSPS) is 16.5. The summed E-state index contributed by atoms with van der Waals surface area (Å²) in [5.41, 5.74) is 2.05. The number of nitrogens with zero attached hydrogens (tertiary/aromatic N) is 3. The molecule has 0 radical (unpaired) electrons. The molecule has 0 saturated carbocycles. The molecule has 3 aromatic rings. The van der Waals surface area contributed by atoms with E-state index in [1.807, 2.05) is 47.4 Å². The Labute approximate surface area is 175 Å². The van der Waals surface area contributed by atoms with Crippen LogP contribution in [-0.2, 0) is 11.3 Å². The number of carbonyl (C=O) groups excluding carboxylic acids is 1. The Morgan fingerprint density at radius 3 is 2.83 bits per heavy atom. The molecule has 0 N–H and O–H groups in total. The standard InChI is InChI=1S/C23H24ClN3O2/c1-2-12-26-16-17(15-22(26)28)23-25-19-9-4-5-10-20(19)27(23)13-7-14-29-21-11-6-3-8-18(21)24/h2-6,8-11,17H,1,7,12-16H2. The van der Waals surface area contributed by atoms with Crippen LogP contribution in [0, 0.1) is 0 Å². The number of aryl methyl sites for hydroxylation is 1. The second-order valence-electron chi connectivity index (χ2n) is 7.23. The quantitative estimate of drug-likeness (QED) is 0.401. The first-order valence-corrected chi connectivity index (χ1v) is 10.3. The first-order chi connectivity index (χ1) is 14.2. The van der Waals surface area contributed by atoms with E-state index < -0.39 is 0 Å². The van der Waals surface area contributed by atoms with Crippen molar-refractivity contribution in [2.45, 2.75) is 25.3 Å². The van der Waals surface area contributed by atoms with Gasteiger partial charge in [-0.2, -0.15) is 0 Å². The van der Waals surface area contributed by atoms with E-state index in [1.165, 1.54) is 0 Å². The van der Waals surface area contributed by atoms with Gasteiger partial charge in [0.15, 0.2) is 0 Å². The van der Waals surface area contributed by atoms with Gasteiger partial charge in [0.2, 0.25) is 5.91 Å². The van der Waals surface area contributed by atoms with Crippen LogP contribution in [0.1, 0.15) is 24.6 Å². The lowest BCUT2D eigenvalue weighted by Crippen LogP contribution is -2.25. The number of carbonyl (C=O) groups is 1. The molecule has 4 rings (SSSR count). The largest absolute Gasteiger partial charge is 0.492 e. The SMILES string of the molecule is C=CCN1CC(c2nc3ccccc3n2CCCOc2ccccc2Cl)CC1=O. The molecule has 0 bridgehead atoms. The van der Waals surface area contributed by atoms with Crippen LogP contribution in [0.5, 0.6) is 5.75 Å². The van der Waals surface area contributed by atoms with Crippen LogP contribution >= 0.6 is 11.6 Å². The predicted octanol–water partition coefficient (Wildman–Crippen LogP) is 4.66. The van der Waals surface area contributed by atoms with Crippen molar-refractivity contribution < 1.29 is 9.53 Å². The van der Waals surface area contributed by atoms with Gasteiger partial charge in [-0.3, -0.25) is 4.79 Å². The van der Waals surface area contributed by atoms with Crippen LogP contribution in [-0.4, -0.2) is 40.1 Å². The molecule has 150 valence electrons. The van der Waals surface area contributed by atoms with Crippen LogP contribution in [0.4, 0.5) is 0 Å². The first-order valence-electron chi connectivity index (χ1n) is 9.88. The zero-order valence-electron chi connectivity index (χ0n) is 16.3. The number of fused-ring (bicyclic) bond motifs is 1. The van der Waals surface area contributed by atoms with Crippen LogP contribution in [0.25, 0.3) is 11.0 Å². The van der Waals surface area contributed by atoms with E-state index in [9.17, 15) is 4.79 Å². The summed E-state index contributed by atoms with van der Waals surface area (Å²) in [6.45, 7) is 6.35. The molecular formula is C23H24ClN3O2. The Kier molecular flexibility index (Phi) is 5.86. The number of imidazole rings is 1. The number of hydrogen-bond acceptors (Lipinski definition) is 3. The van der Waals surface area contributed by atoms with Crippen LogP contribution < -0.4 is 4.74 Å². The molecule has 1 amide bonds. The van der Waals surface area contributed by atoms with Crippen molar-refractivity contribution in [1.82, 2.24) is 14.5 Å². The fourth-order valence-electron chi connectivity index (χ4n) is 3.88. The second-order valence-corrected chi connectivity index (χ2v) is 7.64. The zero-order valence-corrected chi connectivity index (χ0v) is 17.0. The summed E-state index contributed by atoms with van der Waals surface area (Å²) < 4.78 is 8.08. The summed E-state index contributed by atoms with van der Waals surface area (Å²) >= 11 is 6.16. The highest BCUT2D eigenvalue weighted by atomic mass is 35.5. The zero-order chi connectivity index (χ0) is 20.2. The highest BCUT2D eigenvalue weighted by Crippen LogP contribution is 2.30. The number of rotatable bonds is 8. The molecule has 1 fully saturated rings. The molecular weight excluding hydrogens is 386 g/mol. The predicted molar refractivity (Wildman–Crippen MR) is 115 cm³/mol. The Bertz CT molecular complexity index is 1030. The minimum atomic E-state index is 0.0966. The summed E-state index contributed by atoms with van der Waals surface area (Å²) in [4.78, 5) is 19.1. The number of halogens is 1. The van der Waals surface area contributed by atoms with Crippen LogP contribution in [0.3, 0.4) is 0 Å². The van der Waals surface area contributed by atoms with Crippen molar-refractivity contribution >= 4 is 28.5 Å². The van der Waals surface area contributed by atoms with E-state index in [4.69, 9.17) is 21.3 Å². The topological polar surface area (TPSA) is 47.4 Å². The maximum atomic E-state index is 12.3. The van der Waals surface area contributed by atoms with Crippen molar-refractivity contribution in [3.63, 3.8) is 0 Å². The number of hydrogen-bond donors (Lipinski definition) is 0. The van der Waals surface area contributed by atoms with Gasteiger partial charge in [-0.1, -0.05) is 41.9 Å². The number of benzene rings is 2. The second kappa shape index (κ2) is 8.70. The molecule has 1 aliphatic heterocycles. The maximum Gasteiger partial charge on any atom is 0.223 e. The van der Waals surface area contributed by atoms with Crippen molar-refractivity contribution in [2.24, 2.45) is 0 Å². The minimum absolute atomic E-state index is 0.0966. The van der Waals surface area contributed by atoms with Gasteiger partial charge < -0.3 is 14.2 Å². The molecule has 1 aliphatic rings. The van der Waals surface area contributed by atoms with E-state index in [0.717, 1.165) is 29.8 Å². The molecule has 0 spiro atoms. The van der Waals surface area contributed by atoms with E-state index in [-0.39, 0.29) is 11.8 Å². The fourth-order valence-corrected chi connectivity index (χ4v) is 4.08. The van der Waals surface area contributed by atoms with E-state index in [0.29, 0.717) is 36.9 Å². The van der Waals surface area contributed by atoms with Gasteiger partial charge in [0, 0.05) is 32.0 Å². The monoisotopic (exact) mass is 409 g/mol. The molecule has 2 heterocycles. The number of para-hydroxylation sites is 3. The summed E-state index contributed by atoms with van der Waals surface area (Å²) in [5, 5.41) is 0.619. The Balaban J connectivity index is 1.50. The van der Waals surface area contributed by atoms with Crippen molar-refractivity contribution in [3.05, 3.63) is 72.0 Å². The summed E-state index contributed by atoms with van der Waals surface area (Å²) in [5.74, 6) is 1.94. The molecule has 5 nitrogen and oxygen atoms in total. The fraction of sp³-hybridized carbons (Fsp3) is 0.304.